The average molecular weight is 745 g/mol. The van der Waals surface area contributed by atoms with Crippen molar-refractivity contribution >= 4 is 34.2 Å². The lowest BCUT2D eigenvalue weighted by Crippen LogP contribution is -2.50. The number of nitrogens with one attached hydrogen (secondary N) is 1. The summed E-state index contributed by atoms with van der Waals surface area (Å²) in [6.45, 7) is 13.6. The number of anilines is 1. The molecule has 1 saturated heterocycles. The molecule has 9 heteroatoms. The summed E-state index contributed by atoms with van der Waals surface area (Å²) in [5, 5.41) is 8.80. The second-order valence-corrected chi connectivity index (χ2v) is 18.1. The zero-order chi connectivity index (χ0) is 38.3. The molecule has 1 amide bonds. The van der Waals surface area contributed by atoms with Gasteiger partial charge in [-0.15, -0.1) is 0 Å². The molecule has 9 rings (SSSR count). The smallest absolute Gasteiger partial charge is 0.220 e. The number of benzene rings is 1. The highest BCUT2D eigenvalue weighted by atomic mass is 16.1. The molecule has 1 aromatic carbocycles. The van der Waals surface area contributed by atoms with Crippen LogP contribution in [-0.2, 0) is 9.59 Å². The number of carbonyl (C=O) groups excluding carboxylic acids is 3. The molecule has 292 valence electrons. The standard InChI is InChI=1S/C46H60N6O3/c1-5-6-35-17-31(4)18-43(54)38(35)8-9-42(53)39-22-37(23-41-40(39)29-49-52(41)30(2)3)36-7-10-44(48-28-36)51-15-13-50(14-16-51)12-11-47-45(55)27-46-24-32-19-33(25-46)21-34(20-32)26-46/h7,10,17,22-23,28-30,32-34H,5-6,8-9,11-16,18-21,24-27H2,1-4H3,(H,47,55). The predicted molar refractivity (Wildman–Crippen MR) is 219 cm³/mol. The van der Waals surface area contributed by atoms with Gasteiger partial charge in [0.05, 0.1) is 11.7 Å². The van der Waals surface area contributed by atoms with E-state index in [9.17, 15) is 14.4 Å². The Hall–Kier alpha value is -4.11. The van der Waals surface area contributed by atoms with Crippen LogP contribution in [0.25, 0.3) is 22.0 Å². The lowest BCUT2D eigenvalue weighted by molar-refractivity contribution is -0.129. The molecule has 3 aromatic rings. The summed E-state index contributed by atoms with van der Waals surface area (Å²) in [4.78, 5) is 49.8. The third-order valence-corrected chi connectivity index (χ3v) is 13.4. The van der Waals surface area contributed by atoms with E-state index in [0.29, 0.717) is 23.8 Å². The Morgan fingerprint density at radius 1 is 0.945 bits per heavy atom. The second kappa shape index (κ2) is 15.8. The first-order chi connectivity index (χ1) is 26.6. The first kappa shape index (κ1) is 37.8. The monoisotopic (exact) mass is 744 g/mol. The van der Waals surface area contributed by atoms with Crippen molar-refractivity contribution in [2.24, 2.45) is 23.2 Å². The molecule has 5 fully saturated rings. The van der Waals surface area contributed by atoms with Gasteiger partial charge in [-0.3, -0.25) is 24.0 Å². The van der Waals surface area contributed by atoms with Crippen molar-refractivity contribution in [3.8, 4) is 11.1 Å². The SMILES string of the molecule is CCCC1=C(CCC(=O)c2cc(-c3ccc(N4CCN(CCNC(=O)CC56CC7CC(CC(C7)C5)C6)CC4)nc3)cc3c2cnn3C(C)C)C(=O)CC(C)=C1. The molecule has 3 heterocycles. The van der Waals surface area contributed by atoms with Crippen molar-refractivity contribution in [2.45, 2.75) is 111 Å². The predicted octanol–water partition coefficient (Wildman–Crippen LogP) is 8.50. The Bertz CT molecular complexity index is 1960. The minimum atomic E-state index is 0.0298. The highest BCUT2D eigenvalue weighted by Crippen LogP contribution is 2.61. The largest absolute Gasteiger partial charge is 0.355 e. The summed E-state index contributed by atoms with van der Waals surface area (Å²) in [5.41, 5.74) is 6.77. The summed E-state index contributed by atoms with van der Waals surface area (Å²) in [5.74, 6) is 4.04. The molecule has 55 heavy (non-hydrogen) atoms. The van der Waals surface area contributed by atoms with E-state index in [0.717, 1.165) is 121 Å². The number of allylic oxidation sites excluding steroid dienone is 4. The summed E-state index contributed by atoms with van der Waals surface area (Å²) >= 11 is 0. The van der Waals surface area contributed by atoms with Crippen LogP contribution in [0.2, 0.25) is 0 Å². The van der Waals surface area contributed by atoms with Gasteiger partial charge in [-0.1, -0.05) is 25.0 Å². The first-order valence-corrected chi connectivity index (χ1v) is 21.2. The number of amides is 1. The highest BCUT2D eigenvalue weighted by Gasteiger charge is 2.51. The van der Waals surface area contributed by atoms with Crippen LogP contribution in [0.1, 0.15) is 121 Å². The quantitative estimate of drug-likeness (QED) is 0.165. The van der Waals surface area contributed by atoms with Gasteiger partial charge in [0, 0.05) is 87.3 Å². The van der Waals surface area contributed by atoms with Gasteiger partial charge in [0.2, 0.25) is 5.91 Å². The van der Waals surface area contributed by atoms with Gasteiger partial charge in [-0.25, -0.2) is 4.98 Å². The van der Waals surface area contributed by atoms with Crippen molar-refractivity contribution in [2.75, 3.05) is 44.2 Å². The fourth-order valence-corrected chi connectivity index (χ4v) is 11.3. The third kappa shape index (κ3) is 8.09. The average Bonchev–Trinajstić information content (AvgIpc) is 3.58. The molecule has 0 unspecified atom stereocenters. The number of aromatic nitrogens is 3. The molecular weight excluding hydrogens is 685 g/mol. The minimum Gasteiger partial charge on any atom is -0.355 e. The number of hydrogen-bond donors (Lipinski definition) is 1. The van der Waals surface area contributed by atoms with Crippen molar-refractivity contribution in [3.05, 3.63) is 65.0 Å². The van der Waals surface area contributed by atoms with E-state index in [1.165, 1.54) is 38.5 Å². The Kier molecular flexibility index (Phi) is 10.9. The topological polar surface area (TPSA) is 100 Å². The van der Waals surface area contributed by atoms with Gasteiger partial charge in [-0.2, -0.15) is 5.10 Å². The molecule has 4 bridgehead atoms. The number of fused-ring (bicyclic) bond motifs is 1. The molecule has 1 aliphatic heterocycles. The Morgan fingerprint density at radius 3 is 2.33 bits per heavy atom. The van der Waals surface area contributed by atoms with Crippen LogP contribution in [0.4, 0.5) is 5.82 Å². The first-order valence-electron chi connectivity index (χ1n) is 21.2. The maximum atomic E-state index is 14.0. The van der Waals surface area contributed by atoms with E-state index < -0.39 is 0 Å². The van der Waals surface area contributed by atoms with Gasteiger partial charge >= 0.3 is 0 Å². The van der Waals surface area contributed by atoms with Gasteiger partial charge in [-0.05, 0) is 136 Å². The molecule has 0 atom stereocenters. The van der Waals surface area contributed by atoms with Crippen LogP contribution < -0.4 is 10.2 Å². The van der Waals surface area contributed by atoms with Crippen molar-refractivity contribution in [1.29, 1.82) is 0 Å². The number of pyridine rings is 1. The lowest BCUT2D eigenvalue weighted by atomic mass is 9.49. The molecule has 2 aromatic heterocycles. The third-order valence-electron chi connectivity index (χ3n) is 13.4. The minimum absolute atomic E-state index is 0.0298. The van der Waals surface area contributed by atoms with Crippen LogP contribution in [-0.4, -0.2) is 76.4 Å². The fourth-order valence-electron chi connectivity index (χ4n) is 11.3. The molecule has 1 N–H and O–H groups in total. The Balaban J connectivity index is 0.885. The normalized spacial score (nSPS) is 25.3. The summed E-state index contributed by atoms with van der Waals surface area (Å²) in [7, 11) is 0. The van der Waals surface area contributed by atoms with Gasteiger partial charge in [0.15, 0.2) is 11.6 Å². The molecule has 4 saturated carbocycles. The molecule has 5 aliphatic carbocycles. The van der Waals surface area contributed by atoms with Gasteiger partial charge in [0.25, 0.3) is 0 Å². The lowest BCUT2D eigenvalue weighted by Gasteiger charge is -2.56. The van der Waals surface area contributed by atoms with Gasteiger partial charge < -0.3 is 10.2 Å². The zero-order valence-corrected chi connectivity index (χ0v) is 33.5. The van der Waals surface area contributed by atoms with Crippen LogP contribution in [0.5, 0.6) is 0 Å². The number of hydrogen-bond acceptors (Lipinski definition) is 7. The molecule has 0 spiro atoms. The number of piperazine rings is 1. The number of carbonyl (C=O) groups is 3. The number of ketones is 2. The molecule has 9 nitrogen and oxygen atoms in total. The van der Waals surface area contributed by atoms with E-state index in [4.69, 9.17) is 4.98 Å². The van der Waals surface area contributed by atoms with E-state index in [1.807, 2.05) is 30.1 Å². The van der Waals surface area contributed by atoms with Gasteiger partial charge in [0.1, 0.15) is 5.82 Å². The van der Waals surface area contributed by atoms with Crippen molar-refractivity contribution in [1.82, 2.24) is 25.0 Å². The molecular formula is C46H60N6O3. The summed E-state index contributed by atoms with van der Waals surface area (Å²) in [6.07, 6.45) is 17.7. The maximum absolute atomic E-state index is 14.0. The van der Waals surface area contributed by atoms with Crippen LogP contribution in [0.3, 0.4) is 0 Å². The van der Waals surface area contributed by atoms with E-state index >= 15 is 0 Å². The second-order valence-electron chi connectivity index (χ2n) is 18.1. The number of nitrogens with zero attached hydrogens (tertiary/aromatic N) is 5. The summed E-state index contributed by atoms with van der Waals surface area (Å²) < 4.78 is 1.98. The number of rotatable bonds is 14. The van der Waals surface area contributed by atoms with Crippen LogP contribution in [0.15, 0.2) is 59.5 Å². The van der Waals surface area contributed by atoms with E-state index in [1.54, 1.807) is 0 Å². The Labute approximate surface area is 327 Å². The zero-order valence-electron chi connectivity index (χ0n) is 33.5. The van der Waals surface area contributed by atoms with Crippen LogP contribution in [0, 0.1) is 23.2 Å². The van der Waals surface area contributed by atoms with Crippen LogP contribution >= 0.6 is 0 Å². The van der Waals surface area contributed by atoms with E-state index in [2.05, 4.69) is 65.3 Å². The van der Waals surface area contributed by atoms with Crippen molar-refractivity contribution in [3.63, 3.8) is 0 Å². The van der Waals surface area contributed by atoms with Crippen molar-refractivity contribution < 1.29 is 14.4 Å². The van der Waals surface area contributed by atoms with E-state index in [-0.39, 0.29) is 29.9 Å². The fraction of sp³-hybridized carbons (Fsp3) is 0.587. The molecule has 6 aliphatic rings. The molecule has 0 radical (unpaired) electrons. The Morgan fingerprint density at radius 2 is 1.67 bits per heavy atom. The maximum Gasteiger partial charge on any atom is 0.220 e. The summed E-state index contributed by atoms with van der Waals surface area (Å²) in [6, 6.07) is 8.44. The number of Topliss-reactive ketones (excluding diaryl/α,β-unsaturated/α-hetero) is 2. The highest BCUT2D eigenvalue weighted by molar-refractivity contribution is 6.09.